The highest BCUT2D eigenvalue weighted by Crippen LogP contribution is 2.16. The number of nitrogens with one attached hydrogen (secondary N) is 1. The average molecular weight is 350 g/mol. The SMILES string of the molecule is CCc1ccc(NC(=O)c2cccc(C(=O)N3CCCCCC3)c2)cc1. The first-order chi connectivity index (χ1) is 12.7. The molecule has 2 aromatic carbocycles. The van der Waals surface area contributed by atoms with Crippen LogP contribution < -0.4 is 5.32 Å². The first kappa shape index (κ1) is 18.2. The Balaban J connectivity index is 1.71. The van der Waals surface area contributed by atoms with Crippen LogP contribution in [-0.2, 0) is 6.42 Å². The van der Waals surface area contributed by atoms with Gasteiger partial charge in [0.05, 0.1) is 0 Å². The zero-order valence-corrected chi connectivity index (χ0v) is 15.3. The lowest BCUT2D eigenvalue weighted by Crippen LogP contribution is -2.32. The molecule has 4 heteroatoms. The summed E-state index contributed by atoms with van der Waals surface area (Å²) in [7, 11) is 0. The van der Waals surface area contributed by atoms with E-state index in [2.05, 4.69) is 12.2 Å². The quantitative estimate of drug-likeness (QED) is 0.881. The van der Waals surface area contributed by atoms with Gasteiger partial charge in [0.1, 0.15) is 0 Å². The summed E-state index contributed by atoms with van der Waals surface area (Å²) < 4.78 is 0. The van der Waals surface area contributed by atoms with Crippen LogP contribution in [0.5, 0.6) is 0 Å². The topological polar surface area (TPSA) is 49.4 Å². The summed E-state index contributed by atoms with van der Waals surface area (Å²) in [6, 6.07) is 14.8. The van der Waals surface area contributed by atoms with Gasteiger partial charge in [0, 0.05) is 29.9 Å². The first-order valence-electron chi connectivity index (χ1n) is 9.47. The van der Waals surface area contributed by atoms with Gasteiger partial charge in [-0.3, -0.25) is 9.59 Å². The molecule has 1 aliphatic rings. The molecule has 0 atom stereocenters. The highest BCUT2D eigenvalue weighted by atomic mass is 16.2. The van der Waals surface area contributed by atoms with Crippen molar-refractivity contribution in [2.75, 3.05) is 18.4 Å². The standard InChI is InChI=1S/C22H26N2O2/c1-2-17-10-12-20(13-11-17)23-21(25)18-8-7-9-19(16-18)22(26)24-14-5-3-4-6-15-24/h7-13,16H,2-6,14-15H2,1H3,(H,23,25). The van der Waals surface area contributed by atoms with E-state index in [4.69, 9.17) is 0 Å². The van der Waals surface area contributed by atoms with Gasteiger partial charge in [-0.05, 0) is 55.2 Å². The third-order valence-electron chi connectivity index (χ3n) is 4.89. The van der Waals surface area contributed by atoms with Gasteiger partial charge in [-0.15, -0.1) is 0 Å². The van der Waals surface area contributed by atoms with E-state index in [0.717, 1.165) is 38.0 Å². The Labute approximate surface area is 155 Å². The van der Waals surface area contributed by atoms with E-state index in [-0.39, 0.29) is 11.8 Å². The Kier molecular flexibility index (Phi) is 6.05. The second kappa shape index (κ2) is 8.65. The molecule has 1 N–H and O–H groups in total. The molecule has 0 bridgehead atoms. The van der Waals surface area contributed by atoms with E-state index >= 15 is 0 Å². The maximum atomic E-state index is 12.8. The van der Waals surface area contributed by atoms with E-state index in [0.29, 0.717) is 11.1 Å². The zero-order valence-electron chi connectivity index (χ0n) is 15.3. The Morgan fingerprint density at radius 1 is 0.923 bits per heavy atom. The molecule has 0 aromatic heterocycles. The monoisotopic (exact) mass is 350 g/mol. The third kappa shape index (κ3) is 4.51. The van der Waals surface area contributed by atoms with E-state index in [1.165, 1.54) is 18.4 Å². The molecule has 0 saturated carbocycles. The van der Waals surface area contributed by atoms with Gasteiger partial charge >= 0.3 is 0 Å². The van der Waals surface area contributed by atoms with Crippen LogP contribution in [-0.4, -0.2) is 29.8 Å². The predicted molar refractivity (Wildman–Crippen MR) is 105 cm³/mol. The molecule has 0 aliphatic carbocycles. The highest BCUT2D eigenvalue weighted by molar-refractivity contribution is 6.06. The van der Waals surface area contributed by atoms with Gasteiger partial charge in [0.25, 0.3) is 11.8 Å². The summed E-state index contributed by atoms with van der Waals surface area (Å²) in [4.78, 5) is 27.2. The number of hydrogen-bond acceptors (Lipinski definition) is 2. The minimum atomic E-state index is -0.195. The fourth-order valence-electron chi connectivity index (χ4n) is 3.28. The minimum Gasteiger partial charge on any atom is -0.339 e. The van der Waals surface area contributed by atoms with Crippen LogP contribution in [0, 0.1) is 0 Å². The molecular formula is C22H26N2O2. The number of likely N-dealkylation sites (tertiary alicyclic amines) is 1. The fourth-order valence-corrected chi connectivity index (χ4v) is 3.28. The molecule has 0 unspecified atom stereocenters. The number of anilines is 1. The number of aryl methyl sites for hydroxylation is 1. The molecule has 2 amide bonds. The van der Waals surface area contributed by atoms with Crippen molar-refractivity contribution < 1.29 is 9.59 Å². The van der Waals surface area contributed by atoms with Crippen molar-refractivity contribution in [3.8, 4) is 0 Å². The van der Waals surface area contributed by atoms with E-state index in [9.17, 15) is 9.59 Å². The molecular weight excluding hydrogens is 324 g/mol. The molecule has 4 nitrogen and oxygen atoms in total. The second-order valence-corrected chi connectivity index (χ2v) is 6.79. The molecule has 1 aliphatic heterocycles. The summed E-state index contributed by atoms with van der Waals surface area (Å²) in [5.74, 6) is -0.173. The van der Waals surface area contributed by atoms with Gasteiger partial charge in [-0.1, -0.05) is 38.0 Å². The number of carbonyl (C=O) groups is 2. The predicted octanol–water partition coefficient (Wildman–Crippen LogP) is 4.52. The summed E-state index contributed by atoms with van der Waals surface area (Å²) in [6.45, 7) is 3.71. The van der Waals surface area contributed by atoms with Crippen molar-refractivity contribution in [3.05, 3.63) is 65.2 Å². The van der Waals surface area contributed by atoms with Gasteiger partial charge in [0.15, 0.2) is 0 Å². The molecule has 1 saturated heterocycles. The normalized spacial score (nSPS) is 14.6. The van der Waals surface area contributed by atoms with Crippen molar-refractivity contribution in [2.45, 2.75) is 39.0 Å². The molecule has 0 spiro atoms. The van der Waals surface area contributed by atoms with Crippen LogP contribution in [0.15, 0.2) is 48.5 Å². The number of amides is 2. The van der Waals surface area contributed by atoms with Gasteiger partial charge in [-0.2, -0.15) is 0 Å². The maximum Gasteiger partial charge on any atom is 0.255 e. The summed E-state index contributed by atoms with van der Waals surface area (Å²) in [5.41, 5.74) is 3.08. The molecule has 1 heterocycles. The van der Waals surface area contributed by atoms with Crippen LogP contribution in [0.4, 0.5) is 5.69 Å². The molecule has 26 heavy (non-hydrogen) atoms. The first-order valence-corrected chi connectivity index (χ1v) is 9.47. The van der Waals surface area contributed by atoms with Crippen LogP contribution in [0.3, 0.4) is 0 Å². The van der Waals surface area contributed by atoms with Crippen molar-refractivity contribution in [2.24, 2.45) is 0 Å². The largest absolute Gasteiger partial charge is 0.339 e. The lowest BCUT2D eigenvalue weighted by Gasteiger charge is -2.20. The third-order valence-corrected chi connectivity index (χ3v) is 4.89. The van der Waals surface area contributed by atoms with Crippen LogP contribution in [0.1, 0.15) is 58.9 Å². The van der Waals surface area contributed by atoms with Gasteiger partial charge in [0.2, 0.25) is 0 Å². The number of hydrogen-bond donors (Lipinski definition) is 1. The van der Waals surface area contributed by atoms with Crippen molar-refractivity contribution in [3.63, 3.8) is 0 Å². The van der Waals surface area contributed by atoms with Crippen LogP contribution in [0.25, 0.3) is 0 Å². The van der Waals surface area contributed by atoms with Crippen LogP contribution in [0.2, 0.25) is 0 Å². The second-order valence-electron chi connectivity index (χ2n) is 6.79. The van der Waals surface area contributed by atoms with Crippen molar-refractivity contribution in [1.82, 2.24) is 4.90 Å². The molecule has 1 fully saturated rings. The summed E-state index contributed by atoms with van der Waals surface area (Å²) >= 11 is 0. The van der Waals surface area contributed by atoms with Gasteiger partial charge < -0.3 is 10.2 Å². The van der Waals surface area contributed by atoms with Crippen molar-refractivity contribution in [1.29, 1.82) is 0 Å². The number of rotatable bonds is 4. The highest BCUT2D eigenvalue weighted by Gasteiger charge is 2.18. The zero-order chi connectivity index (χ0) is 18.4. The van der Waals surface area contributed by atoms with Gasteiger partial charge in [-0.25, -0.2) is 0 Å². The Morgan fingerprint density at radius 2 is 1.58 bits per heavy atom. The molecule has 136 valence electrons. The van der Waals surface area contributed by atoms with E-state index in [1.54, 1.807) is 24.3 Å². The molecule has 2 aromatic rings. The summed E-state index contributed by atoms with van der Waals surface area (Å²) in [5, 5.41) is 2.90. The lowest BCUT2D eigenvalue weighted by molar-refractivity contribution is 0.0761. The maximum absolute atomic E-state index is 12.8. The molecule has 3 rings (SSSR count). The van der Waals surface area contributed by atoms with Crippen LogP contribution >= 0.6 is 0 Å². The fraction of sp³-hybridized carbons (Fsp3) is 0.364. The molecule has 0 radical (unpaired) electrons. The lowest BCUT2D eigenvalue weighted by atomic mass is 10.1. The number of carbonyl (C=O) groups excluding carboxylic acids is 2. The smallest absolute Gasteiger partial charge is 0.255 e. The average Bonchev–Trinajstić information content (AvgIpc) is 2.97. The minimum absolute atomic E-state index is 0.0221. The Hall–Kier alpha value is -2.62. The Bertz CT molecular complexity index is 760. The van der Waals surface area contributed by atoms with Crippen molar-refractivity contribution >= 4 is 17.5 Å². The van der Waals surface area contributed by atoms with E-state index in [1.807, 2.05) is 29.2 Å². The number of nitrogens with zero attached hydrogens (tertiary/aromatic N) is 1. The summed E-state index contributed by atoms with van der Waals surface area (Å²) in [6.07, 6.45) is 5.44. The van der Waals surface area contributed by atoms with E-state index < -0.39 is 0 Å². The number of benzene rings is 2. The Morgan fingerprint density at radius 3 is 2.23 bits per heavy atom.